The zero-order valence-corrected chi connectivity index (χ0v) is 12.6. The first-order valence-electron chi connectivity index (χ1n) is 7.84. The van der Waals surface area contributed by atoms with Crippen LogP contribution in [0.5, 0.6) is 5.75 Å². The lowest BCUT2D eigenvalue weighted by molar-refractivity contribution is 0.117. The number of benzene rings is 1. The van der Waals surface area contributed by atoms with E-state index in [0.29, 0.717) is 18.2 Å². The number of likely N-dealkylation sites (N-methyl/N-ethyl adjacent to an activating group) is 1. The van der Waals surface area contributed by atoms with Gasteiger partial charge in [0, 0.05) is 25.0 Å². The Hall–Kier alpha value is -1.06. The van der Waals surface area contributed by atoms with Gasteiger partial charge in [0.05, 0.1) is 0 Å². The third-order valence-electron chi connectivity index (χ3n) is 4.81. The average Bonchev–Trinajstić information content (AvgIpc) is 2.80. The first kappa shape index (κ1) is 13.9. The van der Waals surface area contributed by atoms with Gasteiger partial charge in [-0.2, -0.15) is 0 Å². The van der Waals surface area contributed by atoms with Crippen LogP contribution in [0.2, 0.25) is 0 Å². The molecule has 3 heteroatoms. The zero-order chi connectivity index (χ0) is 14.1. The summed E-state index contributed by atoms with van der Waals surface area (Å²) >= 11 is 0. The zero-order valence-electron chi connectivity index (χ0n) is 12.6. The molecule has 1 unspecified atom stereocenters. The maximum atomic E-state index is 6.08. The molecule has 1 atom stereocenters. The Labute approximate surface area is 122 Å². The smallest absolute Gasteiger partial charge is 0.123 e. The quantitative estimate of drug-likeness (QED) is 0.920. The monoisotopic (exact) mass is 274 g/mol. The van der Waals surface area contributed by atoms with Crippen molar-refractivity contribution in [2.45, 2.75) is 57.2 Å². The molecular formula is C17H26N2O. The highest BCUT2D eigenvalue weighted by molar-refractivity contribution is 5.40. The van der Waals surface area contributed by atoms with Crippen LogP contribution in [-0.2, 0) is 6.42 Å². The molecule has 1 aliphatic heterocycles. The third kappa shape index (κ3) is 2.99. The molecule has 3 nitrogen and oxygen atoms in total. The van der Waals surface area contributed by atoms with Gasteiger partial charge in [-0.25, -0.2) is 0 Å². The predicted octanol–water partition coefficient (Wildman–Crippen LogP) is 2.50. The van der Waals surface area contributed by atoms with Crippen LogP contribution in [0.1, 0.15) is 36.8 Å². The Kier molecular flexibility index (Phi) is 3.99. The van der Waals surface area contributed by atoms with Gasteiger partial charge in [-0.15, -0.1) is 0 Å². The summed E-state index contributed by atoms with van der Waals surface area (Å²) in [5.74, 6) is 1.08. The molecule has 2 aliphatic rings. The molecule has 0 amide bonds. The van der Waals surface area contributed by atoms with E-state index in [1.165, 1.54) is 36.8 Å². The van der Waals surface area contributed by atoms with Crippen molar-refractivity contribution in [2.24, 2.45) is 5.73 Å². The summed E-state index contributed by atoms with van der Waals surface area (Å²) in [5, 5.41) is 0. The van der Waals surface area contributed by atoms with Gasteiger partial charge in [-0.1, -0.05) is 17.7 Å². The molecule has 1 aliphatic carbocycles. The fourth-order valence-electron chi connectivity index (χ4n) is 3.56. The topological polar surface area (TPSA) is 38.5 Å². The largest absolute Gasteiger partial charge is 0.488 e. The van der Waals surface area contributed by atoms with Crippen LogP contribution in [0.25, 0.3) is 0 Å². The van der Waals surface area contributed by atoms with Crippen molar-refractivity contribution in [3.05, 3.63) is 29.3 Å². The Balaban J connectivity index is 1.55. The van der Waals surface area contributed by atoms with Crippen LogP contribution in [0.3, 0.4) is 0 Å². The van der Waals surface area contributed by atoms with Gasteiger partial charge in [0.1, 0.15) is 11.9 Å². The Bertz CT molecular complexity index is 466. The van der Waals surface area contributed by atoms with Crippen LogP contribution in [0, 0.1) is 6.92 Å². The van der Waals surface area contributed by atoms with Gasteiger partial charge < -0.3 is 10.5 Å². The van der Waals surface area contributed by atoms with E-state index in [2.05, 4.69) is 37.1 Å². The highest BCUT2D eigenvalue weighted by Crippen LogP contribution is 2.30. The van der Waals surface area contributed by atoms with E-state index >= 15 is 0 Å². The molecule has 110 valence electrons. The van der Waals surface area contributed by atoms with Crippen molar-refractivity contribution in [2.75, 3.05) is 13.6 Å². The molecule has 3 rings (SSSR count). The lowest BCUT2D eigenvalue weighted by Crippen LogP contribution is -2.42. The molecule has 20 heavy (non-hydrogen) atoms. The summed E-state index contributed by atoms with van der Waals surface area (Å²) in [5.41, 5.74) is 8.68. The van der Waals surface area contributed by atoms with Gasteiger partial charge in [-0.3, -0.25) is 4.90 Å². The van der Waals surface area contributed by atoms with Crippen LogP contribution in [0.4, 0.5) is 0 Å². The fourth-order valence-corrected chi connectivity index (χ4v) is 3.56. The van der Waals surface area contributed by atoms with Crippen molar-refractivity contribution in [1.82, 2.24) is 4.90 Å². The molecule has 0 saturated heterocycles. The van der Waals surface area contributed by atoms with Gasteiger partial charge in [0.25, 0.3) is 0 Å². The minimum absolute atomic E-state index is 0.312. The van der Waals surface area contributed by atoms with E-state index in [1.807, 2.05) is 0 Å². The lowest BCUT2D eigenvalue weighted by atomic mass is 9.91. The first-order chi connectivity index (χ1) is 9.61. The SMILES string of the molecule is Cc1ccc2c(c1)CC(CN(C)C1CCC(N)CC1)O2. The van der Waals surface area contributed by atoms with Gasteiger partial charge in [0.2, 0.25) is 0 Å². The number of nitrogens with two attached hydrogens (primary N) is 1. The van der Waals surface area contributed by atoms with E-state index in [-0.39, 0.29) is 0 Å². The number of hydrogen-bond acceptors (Lipinski definition) is 3. The van der Waals surface area contributed by atoms with E-state index in [4.69, 9.17) is 10.5 Å². The molecule has 1 fully saturated rings. The van der Waals surface area contributed by atoms with Crippen molar-refractivity contribution < 1.29 is 4.74 Å². The molecule has 1 saturated carbocycles. The summed E-state index contributed by atoms with van der Waals surface area (Å²) < 4.78 is 6.08. The summed E-state index contributed by atoms with van der Waals surface area (Å²) in [6.45, 7) is 3.17. The van der Waals surface area contributed by atoms with Crippen molar-refractivity contribution in [1.29, 1.82) is 0 Å². The summed E-state index contributed by atoms with van der Waals surface area (Å²) in [6.07, 6.45) is 6.16. The minimum Gasteiger partial charge on any atom is -0.488 e. The van der Waals surface area contributed by atoms with E-state index in [0.717, 1.165) is 18.7 Å². The third-order valence-corrected chi connectivity index (χ3v) is 4.81. The molecule has 0 bridgehead atoms. The molecule has 0 radical (unpaired) electrons. The number of ether oxygens (including phenoxy) is 1. The molecule has 1 aromatic rings. The highest BCUT2D eigenvalue weighted by atomic mass is 16.5. The van der Waals surface area contributed by atoms with Crippen LogP contribution in [0.15, 0.2) is 18.2 Å². The number of hydrogen-bond donors (Lipinski definition) is 1. The second-order valence-corrected chi connectivity index (χ2v) is 6.56. The number of aryl methyl sites for hydroxylation is 1. The number of nitrogens with zero attached hydrogens (tertiary/aromatic N) is 1. The van der Waals surface area contributed by atoms with Crippen LogP contribution < -0.4 is 10.5 Å². The van der Waals surface area contributed by atoms with Crippen LogP contribution >= 0.6 is 0 Å². The van der Waals surface area contributed by atoms with Gasteiger partial charge >= 0.3 is 0 Å². The standard InChI is InChI=1S/C17H26N2O/c1-12-3-8-17-13(9-12)10-16(20-17)11-19(2)15-6-4-14(18)5-7-15/h3,8-9,14-16H,4-7,10-11,18H2,1-2H3. The Morgan fingerprint density at radius 3 is 2.75 bits per heavy atom. The molecular weight excluding hydrogens is 248 g/mol. The average molecular weight is 274 g/mol. The summed E-state index contributed by atoms with van der Waals surface area (Å²) in [6, 6.07) is 7.62. The lowest BCUT2D eigenvalue weighted by Gasteiger charge is -2.34. The summed E-state index contributed by atoms with van der Waals surface area (Å²) in [7, 11) is 2.24. The number of fused-ring (bicyclic) bond motifs is 1. The van der Waals surface area contributed by atoms with Crippen molar-refractivity contribution >= 4 is 0 Å². The summed E-state index contributed by atoms with van der Waals surface area (Å²) in [4.78, 5) is 2.48. The second kappa shape index (κ2) is 5.74. The minimum atomic E-state index is 0.312. The fraction of sp³-hybridized carbons (Fsp3) is 0.647. The van der Waals surface area contributed by atoms with Gasteiger partial charge in [-0.05, 0) is 51.3 Å². The molecule has 0 spiro atoms. The van der Waals surface area contributed by atoms with Crippen molar-refractivity contribution in [3.63, 3.8) is 0 Å². The predicted molar refractivity (Wildman–Crippen MR) is 82.2 cm³/mol. The van der Waals surface area contributed by atoms with E-state index < -0.39 is 0 Å². The van der Waals surface area contributed by atoms with E-state index in [9.17, 15) is 0 Å². The Morgan fingerprint density at radius 1 is 1.25 bits per heavy atom. The number of rotatable bonds is 3. The molecule has 2 N–H and O–H groups in total. The molecule has 1 aromatic carbocycles. The van der Waals surface area contributed by atoms with Crippen molar-refractivity contribution in [3.8, 4) is 5.75 Å². The highest BCUT2D eigenvalue weighted by Gasteiger charge is 2.28. The Morgan fingerprint density at radius 2 is 2.00 bits per heavy atom. The van der Waals surface area contributed by atoms with E-state index in [1.54, 1.807) is 0 Å². The second-order valence-electron chi connectivity index (χ2n) is 6.56. The molecule has 0 aromatic heterocycles. The molecule has 1 heterocycles. The maximum Gasteiger partial charge on any atom is 0.123 e. The first-order valence-corrected chi connectivity index (χ1v) is 7.84. The maximum absolute atomic E-state index is 6.08. The van der Waals surface area contributed by atoms with Gasteiger partial charge in [0.15, 0.2) is 0 Å². The normalized spacial score (nSPS) is 29.3. The van der Waals surface area contributed by atoms with Crippen LogP contribution in [-0.4, -0.2) is 36.7 Å².